The first-order valence-corrected chi connectivity index (χ1v) is 5.30. The van der Waals surface area contributed by atoms with Crippen molar-refractivity contribution in [2.75, 3.05) is 6.61 Å². The number of hydrogen-bond acceptors (Lipinski definition) is 5. The number of carbonyl (C=O) groups is 1. The monoisotopic (exact) mass is 256 g/mol. The normalized spacial score (nSPS) is 11.9. The number of rotatable bonds is 5. The molecule has 7 heteroatoms. The van der Waals surface area contributed by atoms with Gasteiger partial charge in [0.25, 0.3) is 5.69 Å². The number of nitro groups is 1. The number of halogens is 1. The van der Waals surface area contributed by atoms with Crippen LogP contribution in [0.2, 0.25) is 0 Å². The highest BCUT2D eigenvalue weighted by atomic mass is 19.1. The van der Waals surface area contributed by atoms with E-state index in [1.807, 2.05) is 0 Å². The van der Waals surface area contributed by atoms with Gasteiger partial charge in [0.1, 0.15) is 5.82 Å². The van der Waals surface area contributed by atoms with Crippen LogP contribution < -0.4 is 5.73 Å². The molecule has 98 valence electrons. The molecule has 0 aromatic heterocycles. The summed E-state index contributed by atoms with van der Waals surface area (Å²) in [5.74, 6) is -1.26. The van der Waals surface area contributed by atoms with E-state index in [1.165, 1.54) is 0 Å². The number of nitrogens with two attached hydrogens (primary N) is 1. The zero-order chi connectivity index (χ0) is 13.7. The summed E-state index contributed by atoms with van der Waals surface area (Å²) in [6.07, 6.45) is -0.230. The highest BCUT2D eigenvalue weighted by molar-refractivity contribution is 5.70. The van der Waals surface area contributed by atoms with Crippen LogP contribution in [-0.2, 0) is 9.53 Å². The summed E-state index contributed by atoms with van der Waals surface area (Å²) in [7, 11) is 0. The summed E-state index contributed by atoms with van der Waals surface area (Å²) >= 11 is 0. The number of hydrogen-bond donors (Lipinski definition) is 1. The Morgan fingerprint density at radius 2 is 2.28 bits per heavy atom. The lowest BCUT2D eigenvalue weighted by Gasteiger charge is -2.11. The van der Waals surface area contributed by atoms with E-state index in [2.05, 4.69) is 4.74 Å². The smallest absolute Gasteiger partial charge is 0.307 e. The molecule has 6 nitrogen and oxygen atoms in total. The lowest BCUT2D eigenvalue weighted by Crippen LogP contribution is -2.18. The summed E-state index contributed by atoms with van der Waals surface area (Å²) < 4.78 is 18.1. The third-order valence-corrected chi connectivity index (χ3v) is 2.28. The molecule has 2 N–H and O–H groups in total. The first-order valence-electron chi connectivity index (χ1n) is 5.30. The molecule has 0 spiro atoms. The van der Waals surface area contributed by atoms with Crippen LogP contribution in [-0.4, -0.2) is 17.5 Å². The Bertz CT molecular complexity index is 464. The number of benzene rings is 1. The summed E-state index contributed by atoms with van der Waals surface area (Å²) in [5, 5.41) is 10.6. The van der Waals surface area contributed by atoms with Crippen LogP contribution in [0.15, 0.2) is 18.2 Å². The molecule has 0 saturated carbocycles. The number of non-ortho nitro benzene ring substituents is 1. The van der Waals surface area contributed by atoms with Crippen LogP contribution in [0.25, 0.3) is 0 Å². The van der Waals surface area contributed by atoms with E-state index in [1.54, 1.807) is 6.92 Å². The predicted molar refractivity (Wildman–Crippen MR) is 61.2 cm³/mol. The molecular formula is C11H13FN2O4. The van der Waals surface area contributed by atoms with E-state index >= 15 is 0 Å². The molecule has 1 atom stereocenters. The zero-order valence-corrected chi connectivity index (χ0v) is 9.76. The molecule has 0 aliphatic carbocycles. The minimum atomic E-state index is -0.969. The Morgan fingerprint density at radius 1 is 1.61 bits per heavy atom. The standard InChI is InChI=1S/C11H13FN2O4/c1-2-18-11(15)6-10(13)8-5-7(14(16)17)3-4-9(8)12/h3-5,10H,2,6,13H2,1H3/t10-/m1/s1. The number of carbonyl (C=O) groups excluding carboxylic acids is 1. The molecule has 0 aliphatic heterocycles. The van der Waals surface area contributed by atoms with Gasteiger partial charge in [-0.15, -0.1) is 0 Å². The molecule has 0 heterocycles. The molecule has 1 aromatic carbocycles. The van der Waals surface area contributed by atoms with E-state index in [4.69, 9.17) is 5.73 Å². The van der Waals surface area contributed by atoms with Gasteiger partial charge in [0.05, 0.1) is 18.0 Å². The zero-order valence-electron chi connectivity index (χ0n) is 9.76. The molecule has 0 amide bonds. The SMILES string of the molecule is CCOC(=O)C[C@@H](N)c1cc([N+](=O)[O-])ccc1F. The van der Waals surface area contributed by atoms with E-state index in [9.17, 15) is 19.3 Å². The number of nitro benzene ring substituents is 1. The van der Waals surface area contributed by atoms with Crippen LogP contribution in [0.4, 0.5) is 10.1 Å². The first kappa shape index (κ1) is 14.0. The lowest BCUT2D eigenvalue weighted by molar-refractivity contribution is -0.385. The van der Waals surface area contributed by atoms with Crippen LogP contribution in [0.5, 0.6) is 0 Å². The van der Waals surface area contributed by atoms with Gasteiger partial charge in [-0.25, -0.2) is 4.39 Å². The summed E-state index contributed by atoms with van der Waals surface area (Å²) in [5.41, 5.74) is 5.29. The van der Waals surface area contributed by atoms with Crippen molar-refractivity contribution in [3.05, 3.63) is 39.7 Å². The Labute approximate surface area is 103 Å². The molecule has 0 bridgehead atoms. The summed E-state index contributed by atoms with van der Waals surface area (Å²) in [4.78, 5) is 21.1. The fourth-order valence-corrected chi connectivity index (χ4v) is 1.44. The van der Waals surface area contributed by atoms with E-state index in [-0.39, 0.29) is 24.3 Å². The van der Waals surface area contributed by atoms with Crippen molar-refractivity contribution < 1.29 is 18.8 Å². The van der Waals surface area contributed by atoms with E-state index in [0.29, 0.717) is 0 Å². The number of ether oxygens (including phenoxy) is 1. The Hall–Kier alpha value is -2.02. The van der Waals surface area contributed by atoms with Crippen LogP contribution in [0.3, 0.4) is 0 Å². The van der Waals surface area contributed by atoms with Crippen LogP contribution in [0, 0.1) is 15.9 Å². The molecule has 0 radical (unpaired) electrons. The lowest BCUT2D eigenvalue weighted by atomic mass is 10.0. The molecule has 0 saturated heterocycles. The van der Waals surface area contributed by atoms with Crippen LogP contribution >= 0.6 is 0 Å². The van der Waals surface area contributed by atoms with Crippen molar-refractivity contribution in [1.29, 1.82) is 0 Å². The Balaban J connectivity index is 2.90. The molecule has 18 heavy (non-hydrogen) atoms. The summed E-state index contributed by atoms with van der Waals surface area (Å²) in [6.45, 7) is 1.83. The fraction of sp³-hybridized carbons (Fsp3) is 0.364. The highest BCUT2D eigenvalue weighted by Crippen LogP contribution is 2.23. The van der Waals surface area contributed by atoms with Gasteiger partial charge in [-0.05, 0) is 13.0 Å². The van der Waals surface area contributed by atoms with Crippen molar-refractivity contribution in [2.45, 2.75) is 19.4 Å². The maximum absolute atomic E-state index is 13.5. The third kappa shape index (κ3) is 3.49. The average Bonchev–Trinajstić information content (AvgIpc) is 2.29. The second-order valence-electron chi connectivity index (χ2n) is 3.58. The molecule has 0 fully saturated rings. The first-order chi connectivity index (χ1) is 8.45. The maximum Gasteiger partial charge on any atom is 0.307 e. The van der Waals surface area contributed by atoms with Gasteiger partial charge in [-0.1, -0.05) is 0 Å². The quantitative estimate of drug-likeness (QED) is 0.491. The van der Waals surface area contributed by atoms with Gasteiger partial charge in [-0.3, -0.25) is 14.9 Å². The highest BCUT2D eigenvalue weighted by Gasteiger charge is 2.19. The van der Waals surface area contributed by atoms with E-state index in [0.717, 1.165) is 18.2 Å². The predicted octanol–water partition coefficient (Wildman–Crippen LogP) is 1.69. The van der Waals surface area contributed by atoms with Crippen molar-refractivity contribution >= 4 is 11.7 Å². The van der Waals surface area contributed by atoms with Gasteiger partial charge >= 0.3 is 5.97 Å². The summed E-state index contributed by atoms with van der Waals surface area (Å²) in [6, 6.07) is 2.05. The van der Waals surface area contributed by atoms with Crippen molar-refractivity contribution in [2.24, 2.45) is 5.73 Å². The van der Waals surface area contributed by atoms with E-state index < -0.39 is 22.8 Å². The molecule has 0 aliphatic rings. The van der Waals surface area contributed by atoms with Crippen LogP contribution in [0.1, 0.15) is 24.9 Å². The largest absolute Gasteiger partial charge is 0.466 e. The fourth-order valence-electron chi connectivity index (χ4n) is 1.44. The van der Waals surface area contributed by atoms with Crippen molar-refractivity contribution in [1.82, 2.24) is 0 Å². The van der Waals surface area contributed by atoms with Gasteiger partial charge in [0.15, 0.2) is 0 Å². The minimum Gasteiger partial charge on any atom is -0.466 e. The second kappa shape index (κ2) is 6.06. The van der Waals surface area contributed by atoms with Gasteiger partial charge in [0.2, 0.25) is 0 Å². The number of esters is 1. The minimum absolute atomic E-state index is 0.0720. The van der Waals surface area contributed by atoms with Gasteiger partial charge < -0.3 is 10.5 Å². The maximum atomic E-state index is 13.5. The average molecular weight is 256 g/mol. The second-order valence-corrected chi connectivity index (χ2v) is 3.58. The molecular weight excluding hydrogens is 243 g/mol. The van der Waals surface area contributed by atoms with Crippen molar-refractivity contribution in [3.63, 3.8) is 0 Å². The van der Waals surface area contributed by atoms with Gasteiger partial charge in [0, 0.05) is 23.7 Å². The molecule has 1 rings (SSSR count). The van der Waals surface area contributed by atoms with Crippen molar-refractivity contribution in [3.8, 4) is 0 Å². The molecule has 1 aromatic rings. The topological polar surface area (TPSA) is 95.5 Å². The molecule has 0 unspecified atom stereocenters. The number of nitrogens with zero attached hydrogens (tertiary/aromatic N) is 1. The van der Waals surface area contributed by atoms with Gasteiger partial charge in [-0.2, -0.15) is 0 Å². The third-order valence-electron chi connectivity index (χ3n) is 2.28. The Kier molecular flexibility index (Phi) is 4.73. The Morgan fingerprint density at radius 3 is 2.83 bits per heavy atom.